The van der Waals surface area contributed by atoms with Gasteiger partial charge in [0.1, 0.15) is 5.75 Å². The number of hydrogen-bond acceptors (Lipinski definition) is 2. The van der Waals surface area contributed by atoms with Gasteiger partial charge in [-0.1, -0.05) is 32.4 Å². The smallest absolute Gasteiger partial charge is 0.122 e. The van der Waals surface area contributed by atoms with Gasteiger partial charge in [0.15, 0.2) is 0 Å². The largest absolute Gasteiger partial charge is 0.493 e. The summed E-state index contributed by atoms with van der Waals surface area (Å²) >= 11 is 5.90. The highest BCUT2D eigenvalue weighted by atomic mass is 35.5. The zero-order valence-electron chi connectivity index (χ0n) is 11.1. The fraction of sp³-hybridized carbons (Fsp3) is 0.571. The molecule has 0 aromatic heterocycles. The Balaban J connectivity index is 2.39. The maximum atomic E-state index is 5.90. The monoisotopic (exact) mass is 255 g/mol. The van der Waals surface area contributed by atoms with E-state index in [0.29, 0.717) is 12.0 Å². The zero-order valence-corrected chi connectivity index (χ0v) is 11.8. The molecule has 3 heteroatoms. The number of ether oxygens (including phenoxy) is 1. The first-order valence-electron chi connectivity index (χ1n) is 6.11. The first-order chi connectivity index (χ1) is 7.99. The van der Waals surface area contributed by atoms with Crippen molar-refractivity contribution < 1.29 is 4.74 Å². The van der Waals surface area contributed by atoms with Crippen molar-refractivity contribution in [2.24, 2.45) is 5.92 Å². The van der Waals surface area contributed by atoms with E-state index in [1.54, 1.807) is 0 Å². The highest BCUT2D eigenvalue weighted by Gasteiger charge is 2.06. The lowest BCUT2D eigenvalue weighted by atomic mass is 10.2. The van der Waals surface area contributed by atoms with Gasteiger partial charge in [-0.25, -0.2) is 0 Å². The van der Waals surface area contributed by atoms with E-state index in [0.717, 1.165) is 29.5 Å². The van der Waals surface area contributed by atoms with Crippen LogP contribution in [0.1, 0.15) is 26.3 Å². The van der Waals surface area contributed by atoms with Gasteiger partial charge < -0.3 is 10.1 Å². The summed E-state index contributed by atoms with van der Waals surface area (Å²) in [5, 5.41) is 4.16. The zero-order chi connectivity index (χ0) is 12.8. The Labute approximate surface area is 109 Å². The molecule has 1 aromatic rings. The number of rotatable bonds is 6. The van der Waals surface area contributed by atoms with E-state index in [-0.39, 0.29) is 0 Å². The first kappa shape index (κ1) is 14.3. The summed E-state index contributed by atoms with van der Waals surface area (Å²) in [4.78, 5) is 0. The first-order valence-corrected chi connectivity index (χ1v) is 6.49. The molecule has 2 nitrogen and oxygen atoms in total. The number of aryl methyl sites for hydroxylation is 1. The van der Waals surface area contributed by atoms with Gasteiger partial charge in [0.2, 0.25) is 0 Å². The average molecular weight is 256 g/mol. The molecule has 96 valence electrons. The molecule has 0 saturated heterocycles. The average Bonchev–Trinajstić information content (AvgIpc) is 2.25. The summed E-state index contributed by atoms with van der Waals surface area (Å²) < 4.78 is 5.79. The molecule has 0 spiro atoms. The Kier molecular flexibility index (Phi) is 5.79. The number of halogens is 1. The predicted octanol–water partition coefficient (Wildman–Crippen LogP) is 3.66. The molecule has 17 heavy (non-hydrogen) atoms. The van der Waals surface area contributed by atoms with Gasteiger partial charge in [0.25, 0.3) is 0 Å². The van der Waals surface area contributed by atoms with Crippen LogP contribution >= 0.6 is 11.6 Å². The molecule has 0 amide bonds. The maximum Gasteiger partial charge on any atom is 0.122 e. The second kappa shape index (κ2) is 6.87. The molecule has 0 aliphatic carbocycles. The van der Waals surface area contributed by atoms with Crippen LogP contribution in [0.4, 0.5) is 0 Å². The van der Waals surface area contributed by atoms with Crippen LogP contribution in [0.2, 0.25) is 5.02 Å². The minimum Gasteiger partial charge on any atom is -0.493 e. The van der Waals surface area contributed by atoms with E-state index < -0.39 is 0 Å². The predicted molar refractivity (Wildman–Crippen MR) is 74.0 cm³/mol. The lowest BCUT2D eigenvalue weighted by Gasteiger charge is -2.16. The Morgan fingerprint density at radius 1 is 1.29 bits per heavy atom. The standard InChI is InChI=1S/C14H22ClNO/c1-10(2)16-8-11(3)9-17-14-6-5-13(15)7-12(14)4/h5-7,10-11,16H,8-9H2,1-4H3. The molecule has 0 radical (unpaired) electrons. The van der Waals surface area contributed by atoms with Crippen LogP contribution in [0.3, 0.4) is 0 Å². The fourth-order valence-corrected chi connectivity index (χ4v) is 1.73. The molecule has 1 aromatic carbocycles. The number of nitrogens with one attached hydrogen (secondary N) is 1. The van der Waals surface area contributed by atoms with Gasteiger partial charge in [-0.3, -0.25) is 0 Å². The van der Waals surface area contributed by atoms with Crippen LogP contribution < -0.4 is 10.1 Å². The van der Waals surface area contributed by atoms with Gasteiger partial charge in [0, 0.05) is 23.5 Å². The minimum absolute atomic E-state index is 0.493. The van der Waals surface area contributed by atoms with Crippen molar-refractivity contribution in [3.8, 4) is 5.75 Å². The molecule has 0 bridgehead atoms. The van der Waals surface area contributed by atoms with Crippen molar-refractivity contribution in [1.82, 2.24) is 5.32 Å². The van der Waals surface area contributed by atoms with Gasteiger partial charge in [-0.15, -0.1) is 0 Å². The van der Waals surface area contributed by atoms with Gasteiger partial charge in [-0.2, -0.15) is 0 Å². The van der Waals surface area contributed by atoms with E-state index in [2.05, 4.69) is 26.1 Å². The summed E-state index contributed by atoms with van der Waals surface area (Å²) in [7, 11) is 0. The summed E-state index contributed by atoms with van der Waals surface area (Å²) in [5.74, 6) is 1.42. The van der Waals surface area contributed by atoms with Crippen molar-refractivity contribution >= 4 is 11.6 Å². The molecule has 1 atom stereocenters. The molecular weight excluding hydrogens is 234 g/mol. The second-order valence-electron chi connectivity index (χ2n) is 4.89. The normalized spacial score (nSPS) is 12.8. The van der Waals surface area contributed by atoms with Gasteiger partial charge in [0.05, 0.1) is 6.61 Å². The molecule has 0 saturated carbocycles. The van der Waals surface area contributed by atoms with Crippen LogP contribution in [-0.4, -0.2) is 19.2 Å². The Bertz CT molecular complexity index is 352. The van der Waals surface area contributed by atoms with Gasteiger partial charge >= 0.3 is 0 Å². The maximum absolute atomic E-state index is 5.90. The molecule has 0 fully saturated rings. The molecular formula is C14H22ClNO. The van der Waals surface area contributed by atoms with E-state index in [9.17, 15) is 0 Å². The molecule has 0 heterocycles. The van der Waals surface area contributed by atoms with Crippen molar-refractivity contribution in [3.05, 3.63) is 28.8 Å². The number of benzene rings is 1. The third-order valence-corrected chi connectivity index (χ3v) is 2.77. The lowest BCUT2D eigenvalue weighted by molar-refractivity contribution is 0.251. The van der Waals surface area contributed by atoms with E-state index in [4.69, 9.17) is 16.3 Å². The lowest BCUT2D eigenvalue weighted by Crippen LogP contribution is -2.30. The van der Waals surface area contributed by atoms with E-state index in [1.165, 1.54) is 0 Å². The Morgan fingerprint density at radius 2 is 2.00 bits per heavy atom. The van der Waals surface area contributed by atoms with Crippen molar-refractivity contribution in [2.75, 3.05) is 13.2 Å². The van der Waals surface area contributed by atoms with Crippen molar-refractivity contribution in [3.63, 3.8) is 0 Å². The highest BCUT2D eigenvalue weighted by molar-refractivity contribution is 6.30. The van der Waals surface area contributed by atoms with Crippen LogP contribution in [0.5, 0.6) is 5.75 Å². The SMILES string of the molecule is Cc1cc(Cl)ccc1OCC(C)CNC(C)C. The van der Waals surface area contributed by atoms with Crippen molar-refractivity contribution in [2.45, 2.75) is 33.7 Å². The molecule has 1 N–H and O–H groups in total. The van der Waals surface area contributed by atoms with Crippen molar-refractivity contribution in [1.29, 1.82) is 0 Å². The Morgan fingerprint density at radius 3 is 2.59 bits per heavy atom. The topological polar surface area (TPSA) is 21.3 Å². The Hall–Kier alpha value is -0.730. The fourth-order valence-electron chi connectivity index (χ4n) is 1.50. The molecule has 1 rings (SSSR count). The third-order valence-electron chi connectivity index (χ3n) is 2.53. The third kappa shape index (κ3) is 5.42. The molecule has 0 aliphatic rings. The second-order valence-corrected chi connectivity index (χ2v) is 5.33. The highest BCUT2D eigenvalue weighted by Crippen LogP contribution is 2.22. The minimum atomic E-state index is 0.493. The van der Waals surface area contributed by atoms with Crippen LogP contribution in [0, 0.1) is 12.8 Å². The summed E-state index contributed by atoms with van der Waals surface area (Å²) in [6.45, 7) is 10.2. The number of hydrogen-bond donors (Lipinski definition) is 1. The van der Waals surface area contributed by atoms with Crippen LogP contribution in [-0.2, 0) is 0 Å². The van der Waals surface area contributed by atoms with E-state index >= 15 is 0 Å². The van der Waals surface area contributed by atoms with Gasteiger partial charge in [-0.05, 0) is 30.7 Å². The molecule has 1 unspecified atom stereocenters. The van der Waals surface area contributed by atoms with Crippen LogP contribution in [0.15, 0.2) is 18.2 Å². The quantitative estimate of drug-likeness (QED) is 0.838. The summed E-state index contributed by atoms with van der Waals surface area (Å²) in [6, 6.07) is 6.24. The molecule has 0 aliphatic heterocycles. The van der Waals surface area contributed by atoms with Crippen LogP contribution in [0.25, 0.3) is 0 Å². The summed E-state index contributed by atoms with van der Waals surface area (Å²) in [6.07, 6.45) is 0. The van der Waals surface area contributed by atoms with E-state index in [1.807, 2.05) is 25.1 Å². The summed E-state index contributed by atoms with van der Waals surface area (Å²) in [5.41, 5.74) is 1.08.